The lowest BCUT2D eigenvalue weighted by Gasteiger charge is -2.30. The third-order valence-electron chi connectivity index (χ3n) is 2.23. The van der Waals surface area contributed by atoms with Gasteiger partial charge in [-0.2, -0.15) is 0 Å². The van der Waals surface area contributed by atoms with Crippen molar-refractivity contribution in [3.63, 3.8) is 0 Å². The summed E-state index contributed by atoms with van der Waals surface area (Å²) in [5.41, 5.74) is 0. The Morgan fingerprint density at radius 3 is 2.07 bits per heavy atom. The maximum atomic E-state index is 13.1. The van der Waals surface area contributed by atoms with Crippen molar-refractivity contribution in [1.29, 1.82) is 0 Å². The van der Waals surface area contributed by atoms with Gasteiger partial charge in [-0.15, -0.1) is 0 Å². The zero-order valence-electron chi connectivity index (χ0n) is 9.44. The van der Waals surface area contributed by atoms with E-state index in [2.05, 4.69) is 0 Å². The van der Waals surface area contributed by atoms with Crippen LogP contribution in [0.2, 0.25) is 0 Å². The number of rotatable bonds is 3. The molecule has 5 heteroatoms. The molecule has 84 valence electrons. The van der Waals surface area contributed by atoms with E-state index in [-0.39, 0.29) is 5.82 Å². The fourth-order valence-corrected chi connectivity index (χ4v) is 3.69. The first-order chi connectivity index (χ1) is 6.89. The monoisotopic (exact) mass is 230 g/mol. The summed E-state index contributed by atoms with van der Waals surface area (Å²) in [6, 6.07) is 5.92. The third kappa shape index (κ3) is 2.28. The van der Waals surface area contributed by atoms with Crippen LogP contribution >= 0.6 is 7.44 Å². The minimum absolute atomic E-state index is 0.364. The lowest BCUT2D eigenvalue weighted by atomic mass is 10.4. The molecule has 0 atom stereocenters. The summed E-state index contributed by atoms with van der Waals surface area (Å²) < 4.78 is 29.0. The van der Waals surface area contributed by atoms with Gasteiger partial charge >= 0.3 is 0 Å². The molecule has 0 aliphatic rings. The molecule has 0 saturated carbocycles. The van der Waals surface area contributed by atoms with Gasteiger partial charge in [0.15, 0.2) is 0 Å². The second kappa shape index (κ2) is 4.44. The van der Waals surface area contributed by atoms with Crippen LogP contribution in [0.15, 0.2) is 24.3 Å². The minimum atomic E-state index is -2.82. The van der Waals surface area contributed by atoms with Gasteiger partial charge in [-0.1, -0.05) is 6.07 Å². The average Bonchev–Trinajstić information content (AvgIpc) is 2.15. The highest BCUT2D eigenvalue weighted by atomic mass is 31.2. The van der Waals surface area contributed by atoms with E-state index in [0.717, 1.165) is 0 Å². The molecule has 1 aromatic carbocycles. The molecule has 0 heterocycles. The van der Waals surface area contributed by atoms with Crippen molar-refractivity contribution in [3.8, 4) is 0 Å². The molecule has 0 aliphatic carbocycles. The molecule has 0 radical (unpaired) electrons. The Kier molecular flexibility index (Phi) is 3.66. The van der Waals surface area contributed by atoms with Gasteiger partial charge in [0, 0.05) is 5.30 Å². The molecule has 0 spiro atoms. The fourth-order valence-electron chi connectivity index (χ4n) is 1.48. The molecule has 0 aliphatic heterocycles. The largest absolute Gasteiger partial charge is 0.284 e. The Bertz CT molecular complexity index is 381. The van der Waals surface area contributed by atoms with E-state index in [1.165, 1.54) is 12.1 Å². The molecule has 0 bridgehead atoms. The van der Waals surface area contributed by atoms with Crippen molar-refractivity contribution < 1.29 is 8.96 Å². The van der Waals surface area contributed by atoms with Gasteiger partial charge in [-0.25, -0.2) is 13.7 Å². The van der Waals surface area contributed by atoms with Crippen LogP contribution in [0.1, 0.15) is 0 Å². The summed E-state index contributed by atoms with van der Waals surface area (Å²) in [4.78, 5) is 0. The van der Waals surface area contributed by atoms with Crippen LogP contribution in [0.4, 0.5) is 4.39 Å². The van der Waals surface area contributed by atoms with Crippen LogP contribution in [0, 0.1) is 5.82 Å². The number of benzene rings is 1. The van der Waals surface area contributed by atoms with Crippen molar-refractivity contribution in [2.24, 2.45) is 0 Å². The second-order valence-corrected chi connectivity index (χ2v) is 6.92. The molecule has 1 aromatic rings. The van der Waals surface area contributed by atoms with Gasteiger partial charge in [0.25, 0.3) is 0 Å². The molecule has 0 amide bonds. The molecular formula is C10H16FN2OP. The molecule has 0 unspecified atom stereocenters. The number of nitrogens with zero attached hydrogens (tertiary/aromatic N) is 2. The number of hydrogen-bond acceptors (Lipinski definition) is 1. The van der Waals surface area contributed by atoms with Crippen LogP contribution in [-0.4, -0.2) is 37.5 Å². The highest BCUT2D eigenvalue weighted by Crippen LogP contribution is 2.47. The van der Waals surface area contributed by atoms with Crippen molar-refractivity contribution >= 4 is 12.7 Å². The normalized spacial score (nSPS) is 12.5. The summed E-state index contributed by atoms with van der Waals surface area (Å²) in [5.74, 6) is -0.364. The first kappa shape index (κ1) is 12.4. The maximum absolute atomic E-state index is 13.1. The van der Waals surface area contributed by atoms with E-state index < -0.39 is 7.44 Å². The SMILES string of the molecule is CN(C)P(=O)(c1cccc(F)c1)N(C)C. The summed E-state index contributed by atoms with van der Waals surface area (Å²) in [7, 11) is 4.10. The lowest BCUT2D eigenvalue weighted by molar-refractivity contribution is 0.459. The van der Waals surface area contributed by atoms with Gasteiger partial charge < -0.3 is 0 Å². The highest BCUT2D eigenvalue weighted by molar-refractivity contribution is 7.66. The van der Waals surface area contributed by atoms with Crippen LogP contribution in [-0.2, 0) is 4.57 Å². The standard InChI is InChI=1S/C10H16FN2OP/c1-12(2)15(14,13(3)4)10-7-5-6-9(11)8-10/h5-8H,1-4H3. The Labute approximate surface area is 90.0 Å². The Morgan fingerprint density at radius 2 is 1.67 bits per heavy atom. The van der Waals surface area contributed by atoms with Crippen molar-refractivity contribution in [2.45, 2.75) is 0 Å². The molecule has 0 saturated heterocycles. The van der Waals surface area contributed by atoms with Crippen molar-refractivity contribution in [3.05, 3.63) is 30.1 Å². The Balaban J connectivity index is 3.28. The van der Waals surface area contributed by atoms with E-state index in [9.17, 15) is 8.96 Å². The maximum Gasteiger partial charge on any atom is 0.244 e. The summed E-state index contributed by atoms with van der Waals surface area (Å²) in [6.45, 7) is 0. The van der Waals surface area contributed by atoms with Crippen LogP contribution < -0.4 is 5.30 Å². The van der Waals surface area contributed by atoms with Gasteiger partial charge in [0.1, 0.15) is 5.82 Å². The molecule has 0 N–H and O–H groups in total. The fraction of sp³-hybridized carbons (Fsp3) is 0.400. The first-order valence-corrected chi connectivity index (χ1v) is 6.22. The number of hydrogen-bond donors (Lipinski definition) is 0. The Hall–Kier alpha value is -0.700. The summed E-state index contributed by atoms with van der Waals surface area (Å²) in [6.07, 6.45) is 0. The topological polar surface area (TPSA) is 23.6 Å². The van der Waals surface area contributed by atoms with E-state index in [4.69, 9.17) is 0 Å². The van der Waals surface area contributed by atoms with Crippen molar-refractivity contribution in [1.82, 2.24) is 9.34 Å². The smallest absolute Gasteiger partial charge is 0.244 e. The van der Waals surface area contributed by atoms with Crippen LogP contribution in [0.5, 0.6) is 0 Å². The molecule has 15 heavy (non-hydrogen) atoms. The molecule has 1 rings (SSSR count). The molecule has 3 nitrogen and oxygen atoms in total. The predicted octanol–water partition coefficient (Wildman–Crippen LogP) is 1.77. The molecule has 0 aromatic heterocycles. The molecule has 0 fully saturated rings. The van der Waals surface area contributed by atoms with Gasteiger partial charge in [-0.05, 0) is 46.4 Å². The predicted molar refractivity (Wildman–Crippen MR) is 61.0 cm³/mol. The van der Waals surface area contributed by atoms with Gasteiger partial charge in [-0.3, -0.25) is 4.57 Å². The zero-order valence-corrected chi connectivity index (χ0v) is 10.3. The van der Waals surface area contributed by atoms with Gasteiger partial charge in [0.2, 0.25) is 7.44 Å². The van der Waals surface area contributed by atoms with Gasteiger partial charge in [0.05, 0.1) is 0 Å². The molecular weight excluding hydrogens is 214 g/mol. The van der Waals surface area contributed by atoms with E-state index in [1.54, 1.807) is 49.7 Å². The quantitative estimate of drug-likeness (QED) is 0.739. The number of halogens is 1. The van der Waals surface area contributed by atoms with Crippen LogP contribution in [0.25, 0.3) is 0 Å². The Morgan fingerprint density at radius 1 is 1.13 bits per heavy atom. The van der Waals surface area contributed by atoms with Crippen LogP contribution in [0.3, 0.4) is 0 Å². The summed E-state index contributed by atoms with van der Waals surface area (Å²) in [5, 5.41) is 0.512. The highest BCUT2D eigenvalue weighted by Gasteiger charge is 2.30. The van der Waals surface area contributed by atoms with E-state index in [1.807, 2.05) is 0 Å². The lowest BCUT2D eigenvalue weighted by Crippen LogP contribution is -2.28. The van der Waals surface area contributed by atoms with Crippen molar-refractivity contribution in [2.75, 3.05) is 28.2 Å². The zero-order chi connectivity index (χ0) is 11.6. The first-order valence-electron chi connectivity index (χ1n) is 4.61. The summed E-state index contributed by atoms with van der Waals surface area (Å²) >= 11 is 0. The average molecular weight is 230 g/mol. The third-order valence-corrected chi connectivity index (χ3v) is 5.35. The van der Waals surface area contributed by atoms with E-state index >= 15 is 0 Å². The second-order valence-electron chi connectivity index (χ2n) is 3.72. The minimum Gasteiger partial charge on any atom is -0.284 e. The van der Waals surface area contributed by atoms with E-state index in [0.29, 0.717) is 5.30 Å².